The SMILES string of the molecule is C=C[C@@H]1C[C@]1(NC(=O)[C@@H]1C[C@@H](OC(=O)N2Cc3cccc(F)c3C2)CN1C(=O)[C@@H](NC(=O)OC1CCCC1)C(C)(C)C)C(=O)O. The van der Waals surface area contributed by atoms with E-state index < -0.39 is 70.8 Å². The van der Waals surface area contributed by atoms with Crippen LogP contribution in [0.1, 0.15) is 70.4 Å². The van der Waals surface area contributed by atoms with Gasteiger partial charge in [0.15, 0.2) is 0 Å². The summed E-state index contributed by atoms with van der Waals surface area (Å²) in [5.41, 5.74) is -1.28. The van der Waals surface area contributed by atoms with Gasteiger partial charge in [0.1, 0.15) is 35.6 Å². The number of likely N-dealkylation sites (tertiary alicyclic amines) is 1. The molecule has 0 bridgehead atoms. The number of halogens is 1. The summed E-state index contributed by atoms with van der Waals surface area (Å²) in [7, 11) is 0. The summed E-state index contributed by atoms with van der Waals surface area (Å²) in [5, 5.41) is 15.2. The highest BCUT2D eigenvalue weighted by atomic mass is 19.1. The minimum absolute atomic E-state index is 0.0172. The van der Waals surface area contributed by atoms with Crippen molar-refractivity contribution in [2.24, 2.45) is 11.3 Å². The molecule has 2 saturated carbocycles. The van der Waals surface area contributed by atoms with E-state index in [1.807, 2.05) is 0 Å². The number of amides is 4. The Labute approximate surface area is 261 Å². The number of nitrogens with zero attached hydrogens (tertiary/aromatic N) is 2. The fourth-order valence-electron chi connectivity index (χ4n) is 6.54. The van der Waals surface area contributed by atoms with Crippen LogP contribution in [-0.2, 0) is 36.9 Å². The number of benzene rings is 1. The van der Waals surface area contributed by atoms with Crippen molar-refractivity contribution in [2.75, 3.05) is 6.54 Å². The molecule has 13 heteroatoms. The Balaban J connectivity index is 1.34. The molecule has 1 aromatic carbocycles. The van der Waals surface area contributed by atoms with Crippen LogP contribution in [0.2, 0.25) is 0 Å². The van der Waals surface area contributed by atoms with Gasteiger partial charge in [-0.1, -0.05) is 39.0 Å². The molecule has 0 radical (unpaired) electrons. The van der Waals surface area contributed by atoms with E-state index in [0.717, 1.165) is 25.7 Å². The maximum atomic E-state index is 14.3. The van der Waals surface area contributed by atoms with Crippen molar-refractivity contribution < 1.29 is 42.9 Å². The van der Waals surface area contributed by atoms with Gasteiger partial charge in [-0.2, -0.15) is 0 Å². The number of aliphatic carboxylic acids is 1. The van der Waals surface area contributed by atoms with Gasteiger partial charge in [-0.25, -0.2) is 18.8 Å². The van der Waals surface area contributed by atoms with Gasteiger partial charge in [-0.05, 0) is 49.1 Å². The van der Waals surface area contributed by atoms with Crippen molar-refractivity contribution in [3.05, 3.63) is 47.8 Å². The van der Waals surface area contributed by atoms with Crippen molar-refractivity contribution in [3.63, 3.8) is 0 Å². The van der Waals surface area contributed by atoms with Crippen molar-refractivity contribution in [1.29, 1.82) is 0 Å². The molecule has 3 N–H and O–H groups in total. The molecule has 4 amide bonds. The number of hydrogen-bond donors (Lipinski definition) is 3. The van der Waals surface area contributed by atoms with Crippen LogP contribution in [0.15, 0.2) is 30.9 Å². The highest BCUT2D eigenvalue weighted by Gasteiger charge is 2.61. The van der Waals surface area contributed by atoms with Gasteiger partial charge in [-0.15, -0.1) is 6.58 Å². The molecule has 45 heavy (non-hydrogen) atoms. The number of carboxylic acids is 1. The Morgan fingerprint density at radius 1 is 1.11 bits per heavy atom. The van der Waals surface area contributed by atoms with Gasteiger partial charge in [0.05, 0.1) is 13.1 Å². The molecule has 5 rings (SSSR count). The van der Waals surface area contributed by atoms with Gasteiger partial charge >= 0.3 is 18.2 Å². The quantitative estimate of drug-likeness (QED) is 0.370. The molecular formula is C32H41FN4O8. The summed E-state index contributed by atoms with van der Waals surface area (Å²) in [6, 6.07) is 2.31. The number of carbonyl (C=O) groups is 5. The molecule has 1 saturated heterocycles. The van der Waals surface area contributed by atoms with E-state index in [-0.39, 0.29) is 38.6 Å². The monoisotopic (exact) mass is 628 g/mol. The summed E-state index contributed by atoms with van der Waals surface area (Å²) in [5.74, 6) is -3.44. The van der Waals surface area contributed by atoms with E-state index in [2.05, 4.69) is 17.2 Å². The Morgan fingerprint density at radius 2 is 1.82 bits per heavy atom. The van der Waals surface area contributed by atoms with E-state index >= 15 is 0 Å². The lowest BCUT2D eigenvalue weighted by atomic mass is 9.85. The third-order valence-electron chi connectivity index (χ3n) is 9.28. The van der Waals surface area contributed by atoms with E-state index in [1.165, 1.54) is 21.9 Å². The first kappa shape index (κ1) is 32.2. The first-order chi connectivity index (χ1) is 21.2. The van der Waals surface area contributed by atoms with Crippen LogP contribution >= 0.6 is 0 Å². The highest BCUT2D eigenvalue weighted by Crippen LogP contribution is 2.45. The second kappa shape index (κ2) is 12.3. The number of rotatable bonds is 8. The summed E-state index contributed by atoms with van der Waals surface area (Å²) in [6.07, 6.45) is 2.28. The summed E-state index contributed by atoms with van der Waals surface area (Å²) < 4.78 is 25.6. The minimum atomic E-state index is -1.54. The molecular weight excluding hydrogens is 587 g/mol. The zero-order valence-corrected chi connectivity index (χ0v) is 25.8. The molecule has 2 heterocycles. The topological polar surface area (TPSA) is 155 Å². The lowest BCUT2D eigenvalue weighted by Gasteiger charge is -2.35. The number of fused-ring (bicyclic) bond motifs is 1. The lowest BCUT2D eigenvalue weighted by Crippen LogP contribution is -2.59. The van der Waals surface area contributed by atoms with Crippen molar-refractivity contribution in [2.45, 2.75) is 102 Å². The largest absolute Gasteiger partial charge is 0.479 e. The van der Waals surface area contributed by atoms with Crippen LogP contribution in [0.4, 0.5) is 14.0 Å². The Kier molecular flexibility index (Phi) is 8.83. The smallest absolute Gasteiger partial charge is 0.410 e. The molecule has 12 nitrogen and oxygen atoms in total. The Morgan fingerprint density at radius 3 is 2.42 bits per heavy atom. The fraction of sp³-hybridized carbons (Fsp3) is 0.594. The van der Waals surface area contributed by atoms with Crippen LogP contribution in [0.5, 0.6) is 0 Å². The molecule has 3 fully saturated rings. The summed E-state index contributed by atoms with van der Waals surface area (Å²) >= 11 is 0. The zero-order chi connectivity index (χ0) is 32.7. The summed E-state index contributed by atoms with van der Waals surface area (Å²) in [6.45, 7) is 8.92. The van der Waals surface area contributed by atoms with Crippen molar-refractivity contribution >= 4 is 30.0 Å². The van der Waals surface area contributed by atoms with Gasteiger partial charge in [0.25, 0.3) is 0 Å². The molecule has 4 aliphatic rings. The molecule has 2 aliphatic carbocycles. The van der Waals surface area contributed by atoms with Crippen LogP contribution in [0, 0.1) is 17.2 Å². The molecule has 5 atom stereocenters. The Bertz CT molecular complexity index is 1390. The van der Waals surface area contributed by atoms with E-state index in [0.29, 0.717) is 11.1 Å². The predicted octanol–water partition coefficient (Wildman–Crippen LogP) is 3.48. The molecule has 0 aromatic heterocycles. The second-order valence-corrected chi connectivity index (χ2v) is 13.5. The Hall–Kier alpha value is -4.16. The number of nitrogens with one attached hydrogen (secondary N) is 2. The lowest BCUT2D eigenvalue weighted by molar-refractivity contribution is -0.146. The van der Waals surface area contributed by atoms with Gasteiger partial charge in [0, 0.05) is 24.4 Å². The van der Waals surface area contributed by atoms with E-state index in [4.69, 9.17) is 9.47 Å². The molecule has 0 spiro atoms. The summed E-state index contributed by atoms with van der Waals surface area (Å²) in [4.78, 5) is 68.5. The van der Waals surface area contributed by atoms with Gasteiger partial charge in [-0.3, -0.25) is 14.5 Å². The first-order valence-electron chi connectivity index (χ1n) is 15.4. The average molecular weight is 629 g/mol. The molecule has 2 aliphatic heterocycles. The van der Waals surface area contributed by atoms with Crippen LogP contribution in [0.25, 0.3) is 0 Å². The number of carboxylic acid groups (broad SMARTS) is 1. The van der Waals surface area contributed by atoms with Crippen molar-refractivity contribution in [1.82, 2.24) is 20.4 Å². The maximum absolute atomic E-state index is 14.3. The molecule has 1 aromatic rings. The first-order valence-corrected chi connectivity index (χ1v) is 15.4. The predicted molar refractivity (Wildman–Crippen MR) is 158 cm³/mol. The van der Waals surface area contributed by atoms with E-state index in [9.17, 15) is 33.5 Å². The van der Waals surface area contributed by atoms with Crippen LogP contribution < -0.4 is 10.6 Å². The minimum Gasteiger partial charge on any atom is -0.479 e. The average Bonchev–Trinajstić information content (AvgIpc) is 3.38. The second-order valence-electron chi connectivity index (χ2n) is 13.5. The van der Waals surface area contributed by atoms with Crippen LogP contribution in [-0.4, -0.2) is 81.3 Å². The van der Waals surface area contributed by atoms with Gasteiger partial charge < -0.3 is 30.1 Å². The van der Waals surface area contributed by atoms with Gasteiger partial charge in [0.2, 0.25) is 11.8 Å². The standard InChI is InChI=1S/C32H41FN4O8/c1-5-19-14-32(19,28(40)41)35-26(38)24-13-21(45-30(43)36-15-18-9-8-12-23(33)22(18)17-36)16-37(24)27(39)25(31(2,3)4)34-29(42)44-20-10-6-7-11-20/h5,8-9,12,19-21,24-25H,1,6-7,10-11,13-17H2,2-4H3,(H,34,42)(H,35,38)(H,40,41)/t19-,21-,24+,25-,32-/m1/s1. The fourth-order valence-corrected chi connectivity index (χ4v) is 6.54. The third kappa shape index (κ3) is 6.62. The molecule has 0 unspecified atom stereocenters. The number of ether oxygens (including phenoxy) is 2. The van der Waals surface area contributed by atoms with Crippen LogP contribution in [0.3, 0.4) is 0 Å². The number of alkyl carbamates (subject to hydrolysis) is 1. The normalized spacial score (nSPS) is 26.5. The van der Waals surface area contributed by atoms with E-state index in [1.54, 1.807) is 32.9 Å². The molecule has 244 valence electrons. The zero-order valence-electron chi connectivity index (χ0n) is 25.8. The maximum Gasteiger partial charge on any atom is 0.410 e. The highest BCUT2D eigenvalue weighted by molar-refractivity contribution is 5.96. The number of hydrogen-bond acceptors (Lipinski definition) is 7. The number of carbonyl (C=O) groups excluding carboxylic acids is 4. The van der Waals surface area contributed by atoms with Crippen molar-refractivity contribution in [3.8, 4) is 0 Å². The third-order valence-corrected chi connectivity index (χ3v) is 9.28.